The van der Waals surface area contributed by atoms with Crippen molar-refractivity contribution in [1.29, 1.82) is 0 Å². The molecule has 0 radical (unpaired) electrons. The van der Waals surface area contributed by atoms with E-state index in [-0.39, 0.29) is 5.75 Å². The maximum absolute atomic E-state index is 12.3. The van der Waals surface area contributed by atoms with Crippen molar-refractivity contribution in [2.24, 2.45) is 0 Å². The van der Waals surface area contributed by atoms with E-state index in [1.807, 2.05) is 6.92 Å². The van der Waals surface area contributed by atoms with Gasteiger partial charge in [-0.15, -0.1) is 10.2 Å². The summed E-state index contributed by atoms with van der Waals surface area (Å²) in [4.78, 5) is 2.41. The van der Waals surface area contributed by atoms with Crippen molar-refractivity contribution in [1.82, 2.24) is 19.7 Å². The number of benzene rings is 1. The lowest BCUT2D eigenvalue weighted by Gasteiger charge is -2.27. The smallest absolute Gasteiger partial charge is 0.179 e. The molecule has 0 N–H and O–H groups in total. The first-order valence-electron chi connectivity index (χ1n) is 7.05. The standard InChI is InChI=1S/C14H17ClN4O2S/c1-11-16-17-14-10-18(6-7-19(11)14)8-9-22(20,21)13-4-2-12(15)3-5-13/h2-5H,6-10H2,1H3. The second kappa shape index (κ2) is 5.98. The number of fused-ring (bicyclic) bond motifs is 1. The first-order valence-corrected chi connectivity index (χ1v) is 9.08. The molecule has 0 bridgehead atoms. The summed E-state index contributed by atoms with van der Waals surface area (Å²) in [6.07, 6.45) is 0. The van der Waals surface area contributed by atoms with Gasteiger partial charge in [0.05, 0.1) is 17.2 Å². The Bertz CT molecular complexity index is 771. The van der Waals surface area contributed by atoms with Crippen molar-refractivity contribution in [2.75, 3.05) is 18.8 Å². The largest absolute Gasteiger partial charge is 0.313 e. The zero-order valence-corrected chi connectivity index (χ0v) is 13.8. The highest BCUT2D eigenvalue weighted by Crippen LogP contribution is 2.17. The molecule has 118 valence electrons. The number of nitrogens with zero attached hydrogens (tertiary/aromatic N) is 4. The maximum Gasteiger partial charge on any atom is 0.179 e. The van der Waals surface area contributed by atoms with Gasteiger partial charge < -0.3 is 4.57 Å². The molecule has 2 heterocycles. The van der Waals surface area contributed by atoms with Gasteiger partial charge in [0.15, 0.2) is 9.84 Å². The lowest BCUT2D eigenvalue weighted by molar-refractivity contribution is 0.227. The summed E-state index contributed by atoms with van der Waals surface area (Å²) in [6.45, 7) is 4.65. The molecule has 6 nitrogen and oxygen atoms in total. The van der Waals surface area contributed by atoms with E-state index in [1.165, 1.54) is 0 Å². The number of aryl methyl sites for hydroxylation is 1. The van der Waals surface area contributed by atoms with Crippen molar-refractivity contribution >= 4 is 21.4 Å². The molecule has 2 aromatic rings. The SMILES string of the molecule is Cc1nnc2n1CCN(CCS(=O)(=O)c1ccc(Cl)cc1)C2. The van der Waals surface area contributed by atoms with E-state index in [2.05, 4.69) is 19.7 Å². The Morgan fingerprint density at radius 2 is 1.91 bits per heavy atom. The van der Waals surface area contributed by atoms with Gasteiger partial charge >= 0.3 is 0 Å². The summed E-state index contributed by atoms with van der Waals surface area (Å²) in [6, 6.07) is 6.29. The molecule has 0 spiro atoms. The van der Waals surface area contributed by atoms with Crippen molar-refractivity contribution < 1.29 is 8.42 Å². The second-order valence-electron chi connectivity index (χ2n) is 5.36. The van der Waals surface area contributed by atoms with Gasteiger partial charge in [-0.2, -0.15) is 0 Å². The van der Waals surface area contributed by atoms with Gasteiger partial charge in [-0.25, -0.2) is 8.42 Å². The fourth-order valence-corrected chi connectivity index (χ4v) is 3.96. The zero-order valence-electron chi connectivity index (χ0n) is 12.2. The molecule has 8 heteroatoms. The van der Waals surface area contributed by atoms with E-state index in [9.17, 15) is 8.42 Å². The lowest BCUT2D eigenvalue weighted by Crippen LogP contribution is -2.37. The average Bonchev–Trinajstić information content (AvgIpc) is 2.87. The molecule has 1 aliphatic heterocycles. The predicted molar refractivity (Wildman–Crippen MR) is 83.5 cm³/mol. The number of sulfone groups is 1. The van der Waals surface area contributed by atoms with E-state index >= 15 is 0 Å². The fourth-order valence-electron chi connectivity index (χ4n) is 2.55. The molecule has 0 unspecified atom stereocenters. The van der Waals surface area contributed by atoms with Crippen molar-refractivity contribution in [2.45, 2.75) is 24.9 Å². The Kier molecular flexibility index (Phi) is 4.20. The Morgan fingerprint density at radius 1 is 1.18 bits per heavy atom. The summed E-state index contributed by atoms with van der Waals surface area (Å²) >= 11 is 5.79. The molecule has 22 heavy (non-hydrogen) atoms. The third-order valence-corrected chi connectivity index (χ3v) is 5.83. The minimum absolute atomic E-state index is 0.0851. The summed E-state index contributed by atoms with van der Waals surface area (Å²) in [5.74, 6) is 1.89. The van der Waals surface area contributed by atoms with Gasteiger partial charge in [0, 0.05) is 24.7 Å². The van der Waals surface area contributed by atoms with Gasteiger partial charge in [-0.3, -0.25) is 4.90 Å². The second-order valence-corrected chi connectivity index (χ2v) is 7.91. The number of hydrogen-bond donors (Lipinski definition) is 0. The molecule has 1 aliphatic rings. The number of aromatic nitrogens is 3. The van der Waals surface area contributed by atoms with Crippen LogP contribution >= 0.6 is 11.6 Å². The Balaban J connectivity index is 1.64. The molecule has 0 aliphatic carbocycles. The van der Waals surface area contributed by atoms with Crippen LogP contribution in [0.3, 0.4) is 0 Å². The summed E-state index contributed by atoms with van der Waals surface area (Å²) in [5, 5.41) is 8.71. The van der Waals surface area contributed by atoms with Gasteiger partial charge in [0.1, 0.15) is 11.6 Å². The van der Waals surface area contributed by atoms with E-state index in [0.29, 0.717) is 23.0 Å². The van der Waals surface area contributed by atoms with Crippen LogP contribution in [0.4, 0.5) is 0 Å². The Labute approximate surface area is 134 Å². The summed E-state index contributed by atoms with van der Waals surface area (Å²) < 4.78 is 26.7. The molecular formula is C14H17ClN4O2S. The highest BCUT2D eigenvalue weighted by Gasteiger charge is 2.22. The number of rotatable bonds is 4. The molecule has 0 amide bonds. The fraction of sp³-hybridized carbons (Fsp3) is 0.429. The Morgan fingerprint density at radius 3 is 2.64 bits per heavy atom. The summed E-state index contributed by atoms with van der Waals surface area (Å²) in [5.41, 5.74) is 0. The minimum Gasteiger partial charge on any atom is -0.313 e. The third-order valence-electron chi connectivity index (χ3n) is 3.87. The van der Waals surface area contributed by atoms with E-state index in [0.717, 1.165) is 24.7 Å². The van der Waals surface area contributed by atoms with Crippen LogP contribution in [0.5, 0.6) is 0 Å². The van der Waals surface area contributed by atoms with Crippen LogP contribution in [0.25, 0.3) is 0 Å². The van der Waals surface area contributed by atoms with Gasteiger partial charge in [0.2, 0.25) is 0 Å². The highest BCUT2D eigenvalue weighted by molar-refractivity contribution is 7.91. The highest BCUT2D eigenvalue weighted by atomic mass is 35.5. The maximum atomic E-state index is 12.3. The van der Waals surface area contributed by atoms with E-state index in [1.54, 1.807) is 24.3 Å². The van der Waals surface area contributed by atoms with Crippen molar-refractivity contribution in [3.05, 3.63) is 40.9 Å². The number of hydrogen-bond acceptors (Lipinski definition) is 5. The molecule has 0 atom stereocenters. The minimum atomic E-state index is -3.29. The van der Waals surface area contributed by atoms with Gasteiger partial charge in [-0.1, -0.05) is 11.6 Å². The number of halogens is 1. The normalized spacial score (nSPS) is 15.7. The van der Waals surface area contributed by atoms with E-state index in [4.69, 9.17) is 11.6 Å². The zero-order chi connectivity index (χ0) is 15.7. The molecule has 0 saturated carbocycles. The van der Waals surface area contributed by atoms with Crippen LogP contribution in [0.15, 0.2) is 29.2 Å². The van der Waals surface area contributed by atoms with Crippen LogP contribution in [0, 0.1) is 6.92 Å². The van der Waals surface area contributed by atoms with Crippen molar-refractivity contribution in [3.8, 4) is 0 Å². The average molecular weight is 341 g/mol. The molecule has 3 rings (SSSR count). The Hall–Kier alpha value is -1.44. The molecular weight excluding hydrogens is 324 g/mol. The quantitative estimate of drug-likeness (QED) is 0.844. The first-order chi connectivity index (χ1) is 10.5. The molecule has 0 saturated heterocycles. The molecule has 0 fully saturated rings. The van der Waals surface area contributed by atoms with Crippen LogP contribution in [-0.4, -0.2) is 46.9 Å². The van der Waals surface area contributed by atoms with Crippen LogP contribution in [0.2, 0.25) is 5.02 Å². The topological polar surface area (TPSA) is 68.1 Å². The molecule has 1 aromatic carbocycles. The predicted octanol–water partition coefficient (Wildman–Crippen LogP) is 1.53. The first kappa shape index (κ1) is 15.5. The van der Waals surface area contributed by atoms with Crippen molar-refractivity contribution in [3.63, 3.8) is 0 Å². The van der Waals surface area contributed by atoms with Crippen LogP contribution in [0.1, 0.15) is 11.6 Å². The van der Waals surface area contributed by atoms with E-state index < -0.39 is 9.84 Å². The monoisotopic (exact) mass is 340 g/mol. The van der Waals surface area contributed by atoms with Crippen LogP contribution < -0.4 is 0 Å². The summed E-state index contributed by atoms with van der Waals surface area (Å²) in [7, 11) is -3.29. The van der Waals surface area contributed by atoms with Gasteiger partial charge in [0.25, 0.3) is 0 Å². The lowest BCUT2D eigenvalue weighted by atomic mass is 10.3. The third kappa shape index (κ3) is 3.16. The van der Waals surface area contributed by atoms with Crippen LogP contribution in [-0.2, 0) is 22.9 Å². The molecule has 1 aromatic heterocycles. The van der Waals surface area contributed by atoms with Gasteiger partial charge in [-0.05, 0) is 31.2 Å².